The van der Waals surface area contributed by atoms with Crippen molar-refractivity contribution in [1.82, 2.24) is 4.90 Å². The average molecular weight is 600 g/mol. The summed E-state index contributed by atoms with van der Waals surface area (Å²) in [4.78, 5) is 1.94. The van der Waals surface area contributed by atoms with E-state index in [2.05, 4.69) is 0 Å². The normalized spacial score (nSPS) is 12.1. The highest BCUT2D eigenvalue weighted by Crippen LogP contribution is 2.33. The van der Waals surface area contributed by atoms with Crippen molar-refractivity contribution >= 4 is 14.7 Å². The first-order valence-corrected chi connectivity index (χ1v) is 16.0. The van der Waals surface area contributed by atoms with Crippen molar-refractivity contribution in [1.29, 1.82) is 0 Å². The molecule has 222 valence electrons. The minimum absolute atomic E-state index is 0.0304. The van der Waals surface area contributed by atoms with Crippen LogP contribution < -0.4 is 9.92 Å². The van der Waals surface area contributed by atoms with Gasteiger partial charge in [0.25, 0.3) is 0 Å². The average Bonchev–Trinajstić information content (AvgIpc) is 2.98. The molecule has 0 amide bonds. The summed E-state index contributed by atoms with van der Waals surface area (Å²) in [5, 5.41) is 10.3. The monoisotopic (exact) mass is 599 g/mol. The van der Waals surface area contributed by atoms with E-state index in [9.17, 15) is 22.7 Å². The van der Waals surface area contributed by atoms with Crippen LogP contribution in [-0.2, 0) is 19.3 Å². The first-order chi connectivity index (χ1) is 20.2. The molecule has 0 saturated carbocycles. The van der Waals surface area contributed by atoms with Gasteiger partial charge in [0.2, 0.25) is 0 Å². The Balaban J connectivity index is 1.57. The Bertz CT molecular complexity index is 1390. The summed E-state index contributed by atoms with van der Waals surface area (Å²) in [6, 6.07) is 26.0. The number of rotatable bonds is 13. The molecule has 0 aliphatic heterocycles. The van der Waals surface area contributed by atoms with Crippen LogP contribution in [0.2, 0.25) is 6.55 Å². The van der Waals surface area contributed by atoms with Crippen molar-refractivity contribution in [2.24, 2.45) is 0 Å². The number of halogens is 5. The summed E-state index contributed by atoms with van der Waals surface area (Å²) >= 11 is 0. The van der Waals surface area contributed by atoms with Crippen molar-refractivity contribution in [3.8, 4) is 5.75 Å². The van der Waals surface area contributed by atoms with Gasteiger partial charge in [-0.05, 0) is 29.7 Å². The highest BCUT2D eigenvalue weighted by molar-refractivity contribution is 6.52. The zero-order valence-corrected chi connectivity index (χ0v) is 24.8. The van der Waals surface area contributed by atoms with E-state index in [1.54, 1.807) is 6.07 Å². The van der Waals surface area contributed by atoms with Gasteiger partial charge in [0.1, 0.15) is 17.4 Å². The van der Waals surface area contributed by atoms with Crippen LogP contribution in [0.15, 0.2) is 91.0 Å². The zero-order chi connectivity index (χ0) is 30.1. The van der Waals surface area contributed by atoms with E-state index >= 15 is 4.39 Å². The molecule has 0 atom stereocenters. The molecule has 0 aromatic heterocycles. The molecule has 0 bridgehead atoms. The van der Waals surface area contributed by atoms with Gasteiger partial charge in [0.05, 0.1) is 28.3 Å². The predicted molar refractivity (Wildman–Crippen MR) is 158 cm³/mol. The van der Waals surface area contributed by atoms with E-state index in [1.807, 2.05) is 72.1 Å². The van der Waals surface area contributed by atoms with E-state index in [-0.39, 0.29) is 31.2 Å². The Morgan fingerprint density at radius 1 is 0.881 bits per heavy atom. The smallest absolute Gasteiger partial charge is 0.419 e. The van der Waals surface area contributed by atoms with Crippen LogP contribution >= 0.6 is 0 Å². The fourth-order valence-electron chi connectivity index (χ4n) is 5.15. The lowest BCUT2D eigenvalue weighted by molar-refractivity contribution is -0.140. The van der Waals surface area contributed by atoms with Gasteiger partial charge in [-0.15, -0.1) is 0 Å². The second-order valence-corrected chi connectivity index (χ2v) is 11.6. The Kier molecular flexibility index (Phi) is 10.9. The Morgan fingerprint density at radius 2 is 1.52 bits per heavy atom. The quantitative estimate of drug-likeness (QED) is 0.109. The molecule has 0 aliphatic carbocycles. The third-order valence-electron chi connectivity index (χ3n) is 7.31. The first-order valence-electron chi connectivity index (χ1n) is 13.9. The van der Waals surface area contributed by atoms with Crippen LogP contribution in [0.25, 0.3) is 0 Å². The topological polar surface area (TPSA) is 32.7 Å². The molecule has 4 rings (SSSR count). The molecule has 4 aromatic carbocycles. The van der Waals surface area contributed by atoms with Gasteiger partial charge in [0.15, 0.2) is 0 Å². The molecule has 1 N–H and O–H groups in total. The number of aliphatic hydroxyl groups excluding tert-OH is 1. The highest BCUT2D eigenvalue weighted by atomic mass is 28.2. The van der Waals surface area contributed by atoms with Crippen molar-refractivity contribution in [3.05, 3.63) is 130 Å². The second-order valence-electron chi connectivity index (χ2n) is 10.1. The number of alkyl halides is 3. The first kappa shape index (κ1) is 31.4. The third kappa shape index (κ3) is 8.05. The van der Waals surface area contributed by atoms with E-state index in [1.165, 1.54) is 18.2 Å². The summed E-state index contributed by atoms with van der Waals surface area (Å²) in [5.74, 6) is -1.51. The van der Waals surface area contributed by atoms with Crippen LogP contribution in [-0.4, -0.2) is 39.2 Å². The van der Waals surface area contributed by atoms with Crippen LogP contribution in [0.5, 0.6) is 5.75 Å². The molecule has 0 unspecified atom stereocenters. The second kappa shape index (κ2) is 14.6. The molecular formula is C33H34F5NO2Si. The summed E-state index contributed by atoms with van der Waals surface area (Å²) in [5.41, 5.74) is 1.05. The predicted octanol–water partition coefficient (Wildman–Crippen LogP) is 6.42. The van der Waals surface area contributed by atoms with Crippen molar-refractivity contribution in [2.75, 3.05) is 19.7 Å². The van der Waals surface area contributed by atoms with Gasteiger partial charge in [-0.3, -0.25) is 4.90 Å². The molecule has 0 aliphatic rings. The Morgan fingerprint density at radius 3 is 2.10 bits per heavy atom. The molecule has 0 spiro atoms. The minimum atomic E-state index is -4.80. The standard InChI is InChI=1S/C33H34F5NO2Si/c1-42-31-19-26(18-30(34)28(31)22-40)41-17-9-16-39(20-25-14-8-15-29(32(25)35)33(36,37)38)21-27(23-10-4-2-5-11-23)24-12-6-3-7-13-24/h2-8,10-15,18-19,27,40H,9,16-17,20-22,42H2,1H3. The van der Waals surface area contributed by atoms with Gasteiger partial charge < -0.3 is 9.84 Å². The number of aliphatic hydroxyl groups is 1. The van der Waals surface area contributed by atoms with Crippen LogP contribution in [0.3, 0.4) is 0 Å². The van der Waals surface area contributed by atoms with Gasteiger partial charge in [0, 0.05) is 42.7 Å². The fourth-order valence-corrected chi connectivity index (χ4v) is 6.26. The highest BCUT2D eigenvalue weighted by Gasteiger charge is 2.35. The van der Waals surface area contributed by atoms with Crippen LogP contribution in [0.4, 0.5) is 22.0 Å². The Labute approximate surface area is 245 Å². The molecule has 0 saturated heterocycles. The fraction of sp³-hybridized carbons (Fsp3) is 0.273. The molecule has 9 heteroatoms. The van der Waals surface area contributed by atoms with Gasteiger partial charge >= 0.3 is 6.18 Å². The number of ether oxygens (including phenoxy) is 1. The summed E-state index contributed by atoms with van der Waals surface area (Å²) < 4.78 is 75.7. The largest absolute Gasteiger partial charge is 0.493 e. The number of hydrogen-bond donors (Lipinski definition) is 1. The summed E-state index contributed by atoms with van der Waals surface area (Å²) in [7, 11) is -0.752. The maximum Gasteiger partial charge on any atom is 0.419 e. The molecule has 0 heterocycles. The van der Waals surface area contributed by atoms with E-state index < -0.39 is 32.9 Å². The lowest BCUT2D eigenvalue weighted by atomic mass is 9.90. The molecule has 3 nitrogen and oxygen atoms in total. The third-order valence-corrected chi connectivity index (χ3v) is 8.70. The van der Waals surface area contributed by atoms with Crippen LogP contribution in [0, 0.1) is 11.6 Å². The molecule has 0 radical (unpaired) electrons. The van der Waals surface area contributed by atoms with E-state index in [4.69, 9.17) is 4.74 Å². The SMILES string of the molecule is C[SiH2]c1cc(OCCCN(Cc2cccc(C(F)(F)F)c2F)CC(c2ccccc2)c2ccccc2)cc(F)c1CO. The summed E-state index contributed by atoms with van der Waals surface area (Å²) in [6.07, 6.45) is -4.32. The lowest BCUT2D eigenvalue weighted by Gasteiger charge is -2.29. The molecule has 42 heavy (non-hydrogen) atoms. The van der Waals surface area contributed by atoms with Crippen molar-refractivity contribution in [2.45, 2.75) is 38.2 Å². The van der Waals surface area contributed by atoms with Crippen LogP contribution in [0.1, 0.15) is 40.2 Å². The zero-order valence-electron chi connectivity index (χ0n) is 23.4. The van der Waals surface area contributed by atoms with Crippen molar-refractivity contribution < 1.29 is 31.8 Å². The lowest BCUT2D eigenvalue weighted by Crippen LogP contribution is -2.31. The molecular weight excluding hydrogens is 565 g/mol. The van der Waals surface area contributed by atoms with Crippen molar-refractivity contribution in [3.63, 3.8) is 0 Å². The molecule has 0 fully saturated rings. The van der Waals surface area contributed by atoms with Gasteiger partial charge in [-0.1, -0.05) is 84.5 Å². The van der Waals surface area contributed by atoms with E-state index in [0.29, 0.717) is 30.8 Å². The number of benzene rings is 4. The van der Waals surface area contributed by atoms with Gasteiger partial charge in [-0.2, -0.15) is 13.2 Å². The summed E-state index contributed by atoms with van der Waals surface area (Å²) in [6.45, 7) is 2.65. The maximum atomic E-state index is 15.1. The number of hydrogen-bond acceptors (Lipinski definition) is 3. The number of nitrogens with zero attached hydrogens (tertiary/aromatic N) is 1. The molecule has 4 aromatic rings. The van der Waals surface area contributed by atoms with Gasteiger partial charge in [-0.25, -0.2) is 8.78 Å². The minimum Gasteiger partial charge on any atom is -0.493 e. The maximum absolute atomic E-state index is 15.1. The Hall–Kier alpha value is -3.53. The van der Waals surface area contributed by atoms with E-state index in [0.717, 1.165) is 22.4 Å².